The van der Waals surface area contributed by atoms with Gasteiger partial charge in [0.05, 0.1) is 5.69 Å². The fourth-order valence-corrected chi connectivity index (χ4v) is 5.79. The summed E-state index contributed by atoms with van der Waals surface area (Å²) in [5.41, 5.74) is 14.6. The molecule has 2 aromatic rings. The van der Waals surface area contributed by atoms with Gasteiger partial charge in [-0.25, -0.2) is 4.98 Å². The number of anilines is 2. The van der Waals surface area contributed by atoms with Gasteiger partial charge in [-0.05, 0) is 62.3 Å². The number of primary amides is 1. The highest BCUT2D eigenvalue weighted by atomic mass is 16.1. The summed E-state index contributed by atoms with van der Waals surface area (Å²) in [7, 11) is 0. The number of aromatic nitrogens is 2. The van der Waals surface area contributed by atoms with Crippen LogP contribution in [0.1, 0.15) is 62.1 Å². The van der Waals surface area contributed by atoms with Gasteiger partial charge < -0.3 is 16.4 Å². The topological polar surface area (TPSA) is 117 Å². The number of nitrogens with one attached hydrogen (secondary N) is 4. The van der Waals surface area contributed by atoms with Gasteiger partial charge in [0.15, 0.2) is 0 Å². The molecule has 2 aliphatic carbocycles. The van der Waals surface area contributed by atoms with E-state index >= 15 is 0 Å². The molecule has 34 heavy (non-hydrogen) atoms. The number of hydrazine groups is 1. The molecule has 3 atom stereocenters. The van der Waals surface area contributed by atoms with Crippen molar-refractivity contribution in [1.29, 1.82) is 0 Å². The van der Waals surface area contributed by atoms with Crippen LogP contribution in [0.15, 0.2) is 36.4 Å². The summed E-state index contributed by atoms with van der Waals surface area (Å²) in [6.07, 6.45) is 7.28. The van der Waals surface area contributed by atoms with Crippen molar-refractivity contribution in [2.24, 2.45) is 23.5 Å². The van der Waals surface area contributed by atoms with E-state index in [1.54, 1.807) is 0 Å². The first-order valence-corrected chi connectivity index (χ1v) is 12.8. The summed E-state index contributed by atoms with van der Waals surface area (Å²) >= 11 is 0. The second kappa shape index (κ2) is 10.7. The van der Waals surface area contributed by atoms with Crippen LogP contribution in [0, 0.1) is 17.8 Å². The molecule has 1 aliphatic heterocycles. The number of hydrogen-bond donors (Lipinski definition) is 5. The summed E-state index contributed by atoms with van der Waals surface area (Å²) in [5.74, 6) is 3.10. The SMILES string of the molecule is NC(=O)C1CCC(CNc2nc(NCc3ccccc3)cc(C3CCC4NNCC4C3)n2)CC1. The van der Waals surface area contributed by atoms with Crippen molar-refractivity contribution in [2.45, 2.75) is 63.5 Å². The molecule has 5 rings (SSSR count). The molecule has 1 aromatic carbocycles. The number of nitrogens with two attached hydrogens (primary N) is 1. The van der Waals surface area contributed by atoms with E-state index in [4.69, 9.17) is 15.7 Å². The third-order valence-electron chi connectivity index (χ3n) is 7.91. The van der Waals surface area contributed by atoms with Crippen LogP contribution in [0.4, 0.5) is 11.8 Å². The fourth-order valence-electron chi connectivity index (χ4n) is 5.79. The summed E-state index contributed by atoms with van der Waals surface area (Å²) in [6, 6.07) is 13.1. The highest BCUT2D eigenvalue weighted by molar-refractivity contribution is 5.76. The first-order chi connectivity index (χ1) is 16.6. The molecule has 0 bridgehead atoms. The van der Waals surface area contributed by atoms with Crippen molar-refractivity contribution in [3.8, 4) is 0 Å². The van der Waals surface area contributed by atoms with Gasteiger partial charge >= 0.3 is 0 Å². The van der Waals surface area contributed by atoms with Gasteiger partial charge in [-0.15, -0.1) is 0 Å². The highest BCUT2D eigenvalue weighted by Gasteiger charge is 2.35. The molecule has 6 N–H and O–H groups in total. The van der Waals surface area contributed by atoms with Crippen LogP contribution in [-0.2, 0) is 11.3 Å². The van der Waals surface area contributed by atoms with Crippen LogP contribution in [0.2, 0.25) is 0 Å². The molecule has 182 valence electrons. The Bertz CT molecular complexity index is 961. The summed E-state index contributed by atoms with van der Waals surface area (Å²) in [6.45, 7) is 2.60. The smallest absolute Gasteiger partial charge is 0.224 e. The van der Waals surface area contributed by atoms with Crippen molar-refractivity contribution >= 4 is 17.7 Å². The molecule has 3 unspecified atom stereocenters. The minimum Gasteiger partial charge on any atom is -0.369 e. The van der Waals surface area contributed by atoms with Crippen LogP contribution in [-0.4, -0.2) is 35.0 Å². The largest absolute Gasteiger partial charge is 0.369 e. The minimum atomic E-state index is -0.154. The van der Waals surface area contributed by atoms with Crippen LogP contribution in [0.5, 0.6) is 0 Å². The monoisotopic (exact) mass is 463 g/mol. The van der Waals surface area contributed by atoms with Crippen LogP contribution in [0.3, 0.4) is 0 Å². The number of nitrogens with zero attached hydrogens (tertiary/aromatic N) is 2. The quantitative estimate of drug-likeness (QED) is 0.408. The molecule has 8 heteroatoms. The number of amides is 1. The zero-order valence-electron chi connectivity index (χ0n) is 19.8. The van der Waals surface area contributed by atoms with E-state index in [2.05, 4.69) is 51.8 Å². The minimum absolute atomic E-state index is 0.0410. The van der Waals surface area contributed by atoms with E-state index in [9.17, 15) is 4.79 Å². The van der Waals surface area contributed by atoms with Crippen molar-refractivity contribution in [3.63, 3.8) is 0 Å². The molecule has 1 amide bonds. The second-order valence-electron chi connectivity index (χ2n) is 10.2. The summed E-state index contributed by atoms with van der Waals surface area (Å²) in [5, 5.41) is 7.04. The molecule has 0 spiro atoms. The van der Waals surface area contributed by atoms with Crippen molar-refractivity contribution in [2.75, 3.05) is 23.7 Å². The molecule has 0 radical (unpaired) electrons. The fraction of sp³-hybridized carbons (Fsp3) is 0.577. The van der Waals surface area contributed by atoms with E-state index < -0.39 is 0 Å². The van der Waals surface area contributed by atoms with Gasteiger partial charge in [-0.1, -0.05) is 30.3 Å². The molecule has 1 saturated heterocycles. The van der Waals surface area contributed by atoms with Gasteiger partial charge in [0.25, 0.3) is 0 Å². The van der Waals surface area contributed by atoms with E-state index in [1.807, 2.05) is 6.07 Å². The normalized spacial score (nSPS) is 28.8. The first-order valence-electron chi connectivity index (χ1n) is 12.8. The lowest BCUT2D eigenvalue weighted by atomic mass is 9.77. The molecule has 3 aliphatic rings. The lowest BCUT2D eigenvalue weighted by molar-refractivity contribution is -0.122. The number of carbonyl (C=O) groups is 1. The molecule has 2 heterocycles. The molecular weight excluding hydrogens is 426 g/mol. The van der Waals surface area contributed by atoms with Crippen LogP contribution < -0.4 is 27.2 Å². The average Bonchev–Trinajstić information content (AvgIpc) is 3.35. The number of carbonyl (C=O) groups excluding carboxylic acids is 1. The van der Waals surface area contributed by atoms with Gasteiger partial charge in [0.2, 0.25) is 11.9 Å². The predicted octanol–water partition coefficient (Wildman–Crippen LogP) is 3.15. The zero-order valence-corrected chi connectivity index (χ0v) is 19.8. The molecule has 1 aromatic heterocycles. The molecule has 3 fully saturated rings. The number of fused-ring (bicyclic) bond motifs is 1. The molecule has 8 nitrogen and oxygen atoms in total. The third-order valence-corrected chi connectivity index (χ3v) is 7.91. The maximum atomic E-state index is 11.5. The Hall–Kier alpha value is -2.71. The Morgan fingerprint density at radius 1 is 1.03 bits per heavy atom. The predicted molar refractivity (Wildman–Crippen MR) is 134 cm³/mol. The zero-order chi connectivity index (χ0) is 23.3. The lowest BCUT2D eigenvalue weighted by Gasteiger charge is -2.31. The van der Waals surface area contributed by atoms with Gasteiger partial charge in [-0.2, -0.15) is 4.98 Å². The van der Waals surface area contributed by atoms with Gasteiger partial charge in [0, 0.05) is 43.6 Å². The maximum absolute atomic E-state index is 11.5. The molecule has 2 saturated carbocycles. The Balaban J connectivity index is 1.27. The Morgan fingerprint density at radius 3 is 2.65 bits per heavy atom. The standard InChI is InChI=1S/C26H37N7O/c27-25(34)19-8-6-18(7-9-19)15-29-26-31-23(20-10-11-22-21(12-20)16-30-33-22)13-24(32-26)28-14-17-4-2-1-3-5-17/h1-5,13,18-22,30,33H,6-12,14-16H2,(H2,27,34)(H2,28,29,31,32). The van der Waals surface area contributed by atoms with E-state index in [1.165, 1.54) is 12.0 Å². The van der Waals surface area contributed by atoms with E-state index in [0.717, 1.165) is 69.7 Å². The second-order valence-corrected chi connectivity index (χ2v) is 10.2. The Kier molecular flexibility index (Phi) is 7.25. The van der Waals surface area contributed by atoms with E-state index in [0.29, 0.717) is 29.7 Å². The van der Waals surface area contributed by atoms with Crippen LogP contribution >= 0.6 is 0 Å². The van der Waals surface area contributed by atoms with Crippen LogP contribution in [0.25, 0.3) is 0 Å². The summed E-state index contributed by atoms with van der Waals surface area (Å²) in [4.78, 5) is 21.3. The third kappa shape index (κ3) is 5.67. The van der Waals surface area contributed by atoms with Crippen molar-refractivity contribution < 1.29 is 4.79 Å². The number of benzene rings is 1. The maximum Gasteiger partial charge on any atom is 0.224 e. The van der Waals surface area contributed by atoms with Gasteiger partial charge in [0.1, 0.15) is 5.82 Å². The van der Waals surface area contributed by atoms with Crippen molar-refractivity contribution in [3.05, 3.63) is 47.7 Å². The highest BCUT2D eigenvalue weighted by Crippen LogP contribution is 2.37. The van der Waals surface area contributed by atoms with Gasteiger partial charge in [-0.3, -0.25) is 15.6 Å². The first kappa shape index (κ1) is 23.1. The number of rotatable bonds is 8. The van der Waals surface area contributed by atoms with Crippen molar-refractivity contribution in [1.82, 2.24) is 20.8 Å². The molecular formula is C26H37N7O. The Labute approximate surface area is 201 Å². The average molecular weight is 464 g/mol. The lowest BCUT2D eigenvalue weighted by Crippen LogP contribution is -2.35. The van der Waals surface area contributed by atoms with E-state index in [-0.39, 0.29) is 11.8 Å². The number of hydrogen-bond acceptors (Lipinski definition) is 7. The Morgan fingerprint density at radius 2 is 1.85 bits per heavy atom. The summed E-state index contributed by atoms with van der Waals surface area (Å²) < 4.78 is 0.